The number of benzene rings is 1. The smallest absolute Gasteiger partial charge is 0.0348 e. The van der Waals surface area contributed by atoms with Crippen LogP contribution in [0.15, 0.2) is 23.6 Å². The van der Waals surface area contributed by atoms with E-state index in [1.54, 1.807) is 0 Å². The van der Waals surface area contributed by atoms with E-state index in [2.05, 4.69) is 44.4 Å². The topological polar surface area (TPSA) is 26.0 Å². The highest BCUT2D eigenvalue weighted by Gasteiger charge is 2.19. The largest absolute Gasteiger partial charge is 0.330 e. The molecule has 0 amide bonds. The Morgan fingerprint density at radius 1 is 1.25 bits per heavy atom. The second-order valence-electron chi connectivity index (χ2n) is 5.23. The van der Waals surface area contributed by atoms with Gasteiger partial charge in [0.1, 0.15) is 0 Å². The predicted octanol–water partition coefficient (Wildman–Crippen LogP) is 3.70. The number of thiophene rings is 1. The summed E-state index contributed by atoms with van der Waals surface area (Å²) in [6, 6.07) is 6.54. The number of hydrogen-bond acceptors (Lipinski definition) is 2. The van der Waals surface area contributed by atoms with Gasteiger partial charge in [-0.15, -0.1) is 11.3 Å². The highest BCUT2D eigenvalue weighted by molar-refractivity contribution is 7.17. The molecule has 0 saturated heterocycles. The lowest BCUT2D eigenvalue weighted by molar-refractivity contribution is 0.597. The van der Waals surface area contributed by atoms with Crippen LogP contribution < -0.4 is 5.73 Å². The summed E-state index contributed by atoms with van der Waals surface area (Å²) < 4.78 is 1.39. The molecule has 0 aliphatic rings. The van der Waals surface area contributed by atoms with E-state index >= 15 is 0 Å². The van der Waals surface area contributed by atoms with Gasteiger partial charge in [-0.1, -0.05) is 32.9 Å². The average molecular weight is 233 g/mol. The van der Waals surface area contributed by atoms with Gasteiger partial charge in [0.05, 0.1) is 0 Å². The Balaban J connectivity index is 2.68. The Morgan fingerprint density at radius 2 is 2.00 bits per heavy atom. The molecule has 0 fully saturated rings. The van der Waals surface area contributed by atoms with Crippen LogP contribution in [0.5, 0.6) is 0 Å². The molecule has 16 heavy (non-hydrogen) atoms. The minimum absolute atomic E-state index is 0.211. The minimum Gasteiger partial charge on any atom is -0.330 e. The third-order valence-corrected chi connectivity index (χ3v) is 3.85. The molecule has 0 spiro atoms. The van der Waals surface area contributed by atoms with E-state index in [4.69, 9.17) is 5.73 Å². The molecule has 0 aliphatic heterocycles. The van der Waals surface area contributed by atoms with Crippen molar-refractivity contribution in [3.8, 4) is 0 Å². The summed E-state index contributed by atoms with van der Waals surface area (Å²) in [6.45, 7) is 7.54. The Kier molecular flexibility index (Phi) is 3.04. The molecule has 2 rings (SSSR count). The fraction of sp³-hybridized carbons (Fsp3) is 0.429. The first-order valence-corrected chi connectivity index (χ1v) is 6.61. The molecule has 0 unspecified atom stereocenters. The van der Waals surface area contributed by atoms with Gasteiger partial charge in [-0.2, -0.15) is 0 Å². The normalized spacial score (nSPS) is 12.2. The first-order chi connectivity index (χ1) is 7.54. The Hall–Kier alpha value is -0.860. The number of hydrogen-bond donors (Lipinski definition) is 1. The summed E-state index contributed by atoms with van der Waals surface area (Å²) >= 11 is 1.84. The summed E-state index contributed by atoms with van der Waals surface area (Å²) in [5.74, 6) is 0. The van der Waals surface area contributed by atoms with E-state index in [1.807, 2.05) is 11.3 Å². The van der Waals surface area contributed by atoms with Crippen molar-refractivity contribution in [1.82, 2.24) is 0 Å². The Labute approximate surface area is 101 Å². The highest BCUT2D eigenvalue weighted by atomic mass is 32.1. The van der Waals surface area contributed by atoms with Gasteiger partial charge in [0.2, 0.25) is 0 Å². The van der Waals surface area contributed by atoms with Crippen molar-refractivity contribution in [1.29, 1.82) is 0 Å². The standard InChI is InChI=1S/C14H19NS/c1-14(2,3)11-9-16-12-6-4-5-10(7-8-15)13(11)12/h4-6,9H,7-8,15H2,1-3H3. The van der Waals surface area contributed by atoms with Crippen molar-refractivity contribution >= 4 is 21.4 Å². The van der Waals surface area contributed by atoms with Gasteiger partial charge in [0.25, 0.3) is 0 Å². The maximum atomic E-state index is 5.68. The van der Waals surface area contributed by atoms with E-state index in [1.165, 1.54) is 21.2 Å². The van der Waals surface area contributed by atoms with Crippen LogP contribution in [0.25, 0.3) is 10.1 Å². The molecule has 0 atom stereocenters. The van der Waals surface area contributed by atoms with Crippen LogP contribution in [-0.4, -0.2) is 6.54 Å². The van der Waals surface area contributed by atoms with Crippen molar-refractivity contribution < 1.29 is 0 Å². The van der Waals surface area contributed by atoms with Gasteiger partial charge in [-0.3, -0.25) is 0 Å². The lowest BCUT2D eigenvalue weighted by Gasteiger charge is -2.19. The second kappa shape index (κ2) is 4.19. The molecule has 1 nitrogen and oxygen atoms in total. The number of rotatable bonds is 2. The van der Waals surface area contributed by atoms with Gasteiger partial charge >= 0.3 is 0 Å². The molecule has 0 aliphatic carbocycles. The lowest BCUT2D eigenvalue weighted by Crippen LogP contribution is -2.11. The van der Waals surface area contributed by atoms with Crippen molar-refractivity contribution in [2.24, 2.45) is 5.73 Å². The Bertz CT molecular complexity index is 491. The minimum atomic E-state index is 0.211. The molecule has 1 aromatic carbocycles. The molecular formula is C14H19NS. The van der Waals surface area contributed by atoms with Gasteiger partial charge in [0.15, 0.2) is 0 Å². The first kappa shape index (κ1) is 11.6. The van der Waals surface area contributed by atoms with Crippen LogP contribution in [0.1, 0.15) is 31.9 Å². The third kappa shape index (κ3) is 2.00. The third-order valence-electron chi connectivity index (χ3n) is 2.91. The molecule has 0 bridgehead atoms. The molecule has 2 heteroatoms. The van der Waals surface area contributed by atoms with Crippen LogP contribution in [0.4, 0.5) is 0 Å². The average Bonchev–Trinajstić information content (AvgIpc) is 2.62. The van der Waals surface area contributed by atoms with E-state index in [-0.39, 0.29) is 5.41 Å². The van der Waals surface area contributed by atoms with Crippen molar-refractivity contribution in [2.45, 2.75) is 32.6 Å². The summed E-state index contributed by atoms with van der Waals surface area (Å²) in [4.78, 5) is 0. The zero-order valence-corrected chi connectivity index (χ0v) is 11.0. The van der Waals surface area contributed by atoms with Crippen molar-refractivity contribution in [3.63, 3.8) is 0 Å². The predicted molar refractivity (Wildman–Crippen MR) is 73.3 cm³/mol. The first-order valence-electron chi connectivity index (χ1n) is 5.73. The molecule has 0 radical (unpaired) electrons. The number of nitrogens with two attached hydrogens (primary N) is 1. The van der Waals surface area contributed by atoms with Crippen LogP contribution in [-0.2, 0) is 11.8 Å². The molecule has 2 N–H and O–H groups in total. The van der Waals surface area contributed by atoms with E-state index < -0.39 is 0 Å². The van der Waals surface area contributed by atoms with Crippen molar-refractivity contribution in [2.75, 3.05) is 6.54 Å². The number of fused-ring (bicyclic) bond motifs is 1. The zero-order chi connectivity index (χ0) is 11.8. The fourth-order valence-electron chi connectivity index (χ4n) is 2.08. The van der Waals surface area contributed by atoms with Crippen LogP contribution in [0.3, 0.4) is 0 Å². The summed E-state index contributed by atoms with van der Waals surface area (Å²) in [5.41, 5.74) is 8.74. The van der Waals surface area contributed by atoms with Gasteiger partial charge in [-0.05, 0) is 46.3 Å². The Morgan fingerprint density at radius 3 is 2.62 bits per heavy atom. The van der Waals surface area contributed by atoms with Gasteiger partial charge in [0, 0.05) is 4.70 Å². The fourth-order valence-corrected chi connectivity index (χ4v) is 3.31. The molecule has 1 aromatic heterocycles. The van der Waals surface area contributed by atoms with Gasteiger partial charge < -0.3 is 5.73 Å². The van der Waals surface area contributed by atoms with E-state index in [0.29, 0.717) is 0 Å². The molecule has 2 aromatic rings. The summed E-state index contributed by atoms with van der Waals surface area (Å²) in [7, 11) is 0. The molecule has 1 heterocycles. The summed E-state index contributed by atoms with van der Waals surface area (Å²) in [6.07, 6.45) is 0.969. The molecule has 86 valence electrons. The summed E-state index contributed by atoms with van der Waals surface area (Å²) in [5, 5.41) is 3.73. The van der Waals surface area contributed by atoms with Gasteiger partial charge in [-0.25, -0.2) is 0 Å². The quantitative estimate of drug-likeness (QED) is 0.841. The maximum absolute atomic E-state index is 5.68. The SMILES string of the molecule is CC(C)(C)c1csc2cccc(CCN)c12. The van der Waals surface area contributed by atoms with Crippen LogP contribution >= 0.6 is 11.3 Å². The zero-order valence-electron chi connectivity index (χ0n) is 10.2. The maximum Gasteiger partial charge on any atom is 0.0348 e. The monoisotopic (exact) mass is 233 g/mol. The van der Waals surface area contributed by atoms with E-state index in [9.17, 15) is 0 Å². The molecule has 0 saturated carbocycles. The lowest BCUT2D eigenvalue weighted by atomic mass is 9.85. The van der Waals surface area contributed by atoms with Crippen LogP contribution in [0, 0.1) is 0 Å². The highest BCUT2D eigenvalue weighted by Crippen LogP contribution is 2.36. The molecular weight excluding hydrogens is 214 g/mol. The van der Waals surface area contributed by atoms with E-state index in [0.717, 1.165) is 13.0 Å². The van der Waals surface area contributed by atoms with Crippen LogP contribution in [0.2, 0.25) is 0 Å². The van der Waals surface area contributed by atoms with Crippen molar-refractivity contribution in [3.05, 3.63) is 34.7 Å². The second-order valence-corrected chi connectivity index (χ2v) is 6.14.